The Balaban J connectivity index is 1.76. The second kappa shape index (κ2) is 3.48. The molecular weight excluding hydrogens is 191 g/mol. The van der Waals surface area contributed by atoms with Gasteiger partial charge in [-0.05, 0) is 37.3 Å². The lowest BCUT2D eigenvalue weighted by Crippen LogP contribution is -2.32. The van der Waals surface area contributed by atoms with Crippen LogP contribution >= 0.6 is 0 Å². The van der Waals surface area contributed by atoms with E-state index < -0.39 is 6.17 Å². The first-order valence-electron chi connectivity index (χ1n) is 6.09. The fourth-order valence-electron chi connectivity index (χ4n) is 3.12. The molecule has 3 heteroatoms. The normalized spacial score (nSPS) is 49.5. The van der Waals surface area contributed by atoms with Crippen molar-refractivity contribution in [2.75, 3.05) is 13.1 Å². The summed E-state index contributed by atoms with van der Waals surface area (Å²) in [6.07, 6.45) is 2.88. The zero-order valence-electron chi connectivity index (χ0n) is 9.22. The van der Waals surface area contributed by atoms with Crippen LogP contribution in [0.25, 0.3) is 0 Å². The van der Waals surface area contributed by atoms with Crippen molar-refractivity contribution in [1.82, 2.24) is 10.6 Å². The summed E-state index contributed by atoms with van der Waals surface area (Å²) in [5, 5.41) is 6.80. The first-order chi connectivity index (χ1) is 7.27. The van der Waals surface area contributed by atoms with E-state index in [1.807, 2.05) is 0 Å². The molecule has 2 nitrogen and oxygen atoms in total. The summed E-state index contributed by atoms with van der Waals surface area (Å²) in [4.78, 5) is 0. The SMILES string of the molecule is CC1C/C(=C2/CCCNC2)NC2C(F)C12. The third-order valence-corrected chi connectivity index (χ3v) is 4.11. The molecule has 4 unspecified atom stereocenters. The molecule has 15 heavy (non-hydrogen) atoms. The summed E-state index contributed by atoms with van der Waals surface area (Å²) < 4.78 is 13.4. The standard InChI is InChI=1S/C12H19FN2/c1-7-5-9(8-3-2-4-14-6-8)15-12-10(7)11(12)13/h7,10-12,14-15H,2-6H2,1H3/b9-8+. The van der Waals surface area contributed by atoms with Crippen molar-refractivity contribution < 1.29 is 4.39 Å². The van der Waals surface area contributed by atoms with E-state index in [1.165, 1.54) is 24.1 Å². The Hall–Kier alpha value is -0.570. The van der Waals surface area contributed by atoms with Gasteiger partial charge in [0.2, 0.25) is 0 Å². The maximum atomic E-state index is 13.4. The molecule has 3 rings (SSSR count). The number of nitrogens with one attached hydrogen (secondary N) is 2. The lowest BCUT2D eigenvalue weighted by atomic mass is 9.92. The summed E-state index contributed by atoms with van der Waals surface area (Å²) >= 11 is 0. The Morgan fingerprint density at radius 2 is 2.27 bits per heavy atom. The smallest absolute Gasteiger partial charge is 0.126 e. The Morgan fingerprint density at radius 3 is 2.93 bits per heavy atom. The van der Waals surface area contributed by atoms with Crippen LogP contribution in [0, 0.1) is 11.8 Å². The molecule has 2 aliphatic heterocycles. The molecule has 0 radical (unpaired) electrons. The van der Waals surface area contributed by atoms with Crippen molar-refractivity contribution in [2.24, 2.45) is 11.8 Å². The minimum absolute atomic E-state index is 0.137. The molecule has 0 aromatic carbocycles. The molecule has 0 spiro atoms. The molecule has 2 saturated heterocycles. The number of allylic oxidation sites excluding steroid dienone is 1. The highest BCUT2D eigenvalue weighted by molar-refractivity contribution is 5.25. The molecule has 0 aromatic rings. The monoisotopic (exact) mass is 210 g/mol. The third-order valence-electron chi connectivity index (χ3n) is 4.11. The fourth-order valence-corrected chi connectivity index (χ4v) is 3.12. The molecule has 0 amide bonds. The van der Waals surface area contributed by atoms with Crippen molar-refractivity contribution in [2.45, 2.75) is 38.4 Å². The molecule has 3 aliphatic rings. The van der Waals surface area contributed by atoms with Crippen LogP contribution in [0.4, 0.5) is 4.39 Å². The molecule has 84 valence electrons. The summed E-state index contributed by atoms with van der Waals surface area (Å²) in [6.45, 7) is 4.32. The summed E-state index contributed by atoms with van der Waals surface area (Å²) in [5.41, 5.74) is 2.83. The lowest BCUT2D eigenvalue weighted by Gasteiger charge is -2.27. The Bertz CT molecular complexity index is 282. The fraction of sp³-hybridized carbons (Fsp3) is 0.833. The number of rotatable bonds is 0. The van der Waals surface area contributed by atoms with Gasteiger partial charge in [0.25, 0.3) is 0 Å². The van der Waals surface area contributed by atoms with E-state index in [4.69, 9.17) is 0 Å². The van der Waals surface area contributed by atoms with Crippen molar-refractivity contribution in [3.63, 3.8) is 0 Å². The van der Waals surface area contributed by atoms with E-state index >= 15 is 0 Å². The molecule has 0 aromatic heterocycles. The highest BCUT2D eigenvalue weighted by Crippen LogP contribution is 2.47. The van der Waals surface area contributed by atoms with Gasteiger partial charge in [-0.2, -0.15) is 0 Å². The van der Waals surface area contributed by atoms with Crippen LogP contribution in [0.1, 0.15) is 26.2 Å². The molecule has 1 aliphatic carbocycles. The Labute approximate surface area is 90.3 Å². The van der Waals surface area contributed by atoms with Gasteiger partial charge in [0.05, 0.1) is 6.04 Å². The predicted molar refractivity (Wildman–Crippen MR) is 58.2 cm³/mol. The van der Waals surface area contributed by atoms with Gasteiger partial charge in [-0.3, -0.25) is 0 Å². The number of piperidine rings is 2. The van der Waals surface area contributed by atoms with Gasteiger partial charge >= 0.3 is 0 Å². The van der Waals surface area contributed by atoms with Crippen LogP contribution in [0.15, 0.2) is 11.3 Å². The maximum Gasteiger partial charge on any atom is 0.126 e. The summed E-state index contributed by atoms with van der Waals surface area (Å²) in [7, 11) is 0. The van der Waals surface area contributed by atoms with Crippen LogP contribution in [-0.2, 0) is 0 Å². The number of hydrogen-bond donors (Lipinski definition) is 2. The average molecular weight is 210 g/mol. The largest absolute Gasteiger partial charge is 0.382 e. The highest BCUT2D eigenvalue weighted by Gasteiger charge is 2.56. The van der Waals surface area contributed by atoms with E-state index in [2.05, 4.69) is 17.6 Å². The quantitative estimate of drug-likeness (QED) is 0.634. The molecule has 2 heterocycles. The third kappa shape index (κ3) is 1.57. The van der Waals surface area contributed by atoms with Crippen molar-refractivity contribution in [3.8, 4) is 0 Å². The molecule has 3 fully saturated rings. The van der Waals surface area contributed by atoms with E-state index in [9.17, 15) is 4.39 Å². The number of alkyl halides is 1. The van der Waals surface area contributed by atoms with Gasteiger partial charge in [-0.1, -0.05) is 6.92 Å². The van der Waals surface area contributed by atoms with Gasteiger partial charge in [0.15, 0.2) is 0 Å². The zero-order chi connectivity index (χ0) is 10.4. The van der Waals surface area contributed by atoms with E-state index in [0.717, 1.165) is 19.5 Å². The number of halogens is 1. The molecular formula is C12H19FN2. The van der Waals surface area contributed by atoms with Crippen molar-refractivity contribution >= 4 is 0 Å². The molecule has 0 bridgehead atoms. The molecule has 2 N–H and O–H groups in total. The van der Waals surface area contributed by atoms with E-state index in [1.54, 1.807) is 0 Å². The van der Waals surface area contributed by atoms with Gasteiger partial charge in [0, 0.05) is 18.2 Å². The van der Waals surface area contributed by atoms with Crippen molar-refractivity contribution in [1.29, 1.82) is 0 Å². The second-order valence-corrected chi connectivity index (χ2v) is 5.24. The van der Waals surface area contributed by atoms with Crippen LogP contribution in [0.5, 0.6) is 0 Å². The first-order valence-corrected chi connectivity index (χ1v) is 6.09. The first kappa shape index (κ1) is 9.64. The van der Waals surface area contributed by atoms with E-state index in [0.29, 0.717) is 11.8 Å². The maximum absolute atomic E-state index is 13.4. The van der Waals surface area contributed by atoms with Gasteiger partial charge in [-0.15, -0.1) is 0 Å². The Morgan fingerprint density at radius 1 is 1.40 bits per heavy atom. The van der Waals surface area contributed by atoms with Gasteiger partial charge in [-0.25, -0.2) is 4.39 Å². The molecule has 4 atom stereocenters. The van der Waals surface area contributed by atoms with Gasteiger partial charge < -0.3 is 10.6 Å². The second-order valence-electron chi connectivity index (χ2n) is 5.24. The zero-order valence-corrected chi connectivity index (χ0v) is 9.22. The van der Waals surface area contributed by atoms with Crippen LogP contribution in [-0.4, -0.2) is 25.3 Å². The number of fused-ring (bicyclic) bond motifs is 1. The molecule has 1 saturated carbocycles. The lowest BCUT2D eigenvalue weighted by molar-refractivity contribution is 0.379. The Kier molecular flexibility index (Phi) is 2.23. The minimum atomic E-state index is -0.588. The van der Waals surface area contributed by atoms with Gasteiger partial charge in [0.1, 0.15) is 6.17 Å². The van der Waals surface area contributed by atoms with Crippen LogP contribution in [0.3, 0.4) is 0 Å². The minimum Gasteiger partial charge on any atom is -0.382 e. The summed E-state index contributed by atoms with van der Waals surface area (Å²) in [5.74, 6) is 0.821. The van der Waals surface area contributed by atoms with Crippen molar-refractivity contribution in [3.05, 3.63) is 11.3 Å². The van der Waals surface area contributed by atoms with Crippen LogP contribution in [0.2, 0.25) is 0 Å². The number of hydrogen-bond acceptors (Lipinski definition) is 2. The average Bonchev–Trinajstić information content (AvgIpc) is 2.92. The van der Waals surface area contributed by atoms with Crippen LogP contribution < -0.4 is 10.6 Å². The van der Waals surface area contributed by atoms with E-state index in [-0.39, 0.29) is 6.04 Å². The topological polar surface area (TPSA) is 24.1 Å². The predicted octanol–water partition coefficient (Wildman–Crippen LogP) is 1.59. The highest BCUT2D eigenvalue weighted by atomic mass is 19.1. The summed E-state index contributed by atoms with van der Waals surface area (Å²) in [6, 6.07) is 0.137.